The molecule has 3 rings (SSSR count). The predicted octanol–water partition coefficient (Wildman–Crippen LogP) is 2.26. The first kappa shape index (κ1) is 13.2. The van der Waals surface area contributed by atoms with Crippen molar-refractivity contribution in [1.29, 1.82) is 0 Å². The molecular formula is C16H22N4. The maximum absolute atomic E-state index is 4.40. The average molecular weight is 270 g/mol. The van der Waals surface area contributed by atoms with E-state index in [-0.39, 0.29) is 0 Å². The molecule has 3 heterocycles. The summed E-state index contributed by atoms with van der Waals surface area (Å²) in [6, 6.07) is 4.71. The Bertz CT molecular complexity index is 527. The van der Waals surface area contributed by atoms with Crippen LogP contribution in [0.25, 0.3) is 0 Å². The number of piperazine rings is 1. The zero-order valence-electron chi connectivity index (χ0n) is 12.3. The highest BCUT2D eigenvalue weighted by molar-refractivity contribution is 5.73. The summed E-state index contributed by atoms with van der Waals surface area (Å²) in [6.45, 7) is 8.56. The summed E-state index contributed by atoms with van der Waals surface area (Å²) < 4.78 is 0. The average Bonchev–Trinajstić information content (AvgIpc) is 2.47. The topological polar surface area (TPSA) is 31.7 Å². The molecule has 2 aliphatic rings. The molecule has 0 saturated carbocycles. The van der Waals surface area contributed by atoms with Crippen LogP contribution in [0, 0.1) is 6.92 Å². The van der Waals surface area contributed by atoms with Gasteiger partial charge in [0.15, 0.2) is 0 Å². The predicted molar refractivity (Wildman–Crippen MR) is 83.4 cm³/mol. The Hall–Kier alpha value is -1.84. The lowest BCUT2D eigenvalue weighted by molar-refractivity contribution is 0.306. The zero-order valence-corrected chi connectivity index (χ0v) is 12.3. The van der Waals surface area contributed by atoms with Gasteiger partial charge in [-0.3, -0.25) is 9.98 Å². The van der Waals surface area contributed by atoms with Gasteiger partial charge in [0.2, 0.25) is 0 Å². The maximum Gasteiger partial charge on any atom is 0.0525 e. The molecule has 1 aromatic heterocycles. The molecule has 1 atom stereocenters. The van der Waals surface area contributed by atoms with Crippen LogP contribution >= 0.6 is 0 Å². The minimum absolute atomic E-state index is 0.427. The van der Waals surface area contributed by atoms with Gasteiger partial charge >= 0.3 is 0 Å². The smallest absolute Gasteiger partial charge is 0.0525 e. The van der Waals surface area contributed by atoms with Crippen molar-refractivity contribution in [2.24, 2.45) is 4.99 Å². The van der Waals surface area contributed by atoms with Crippen LogP contribution in [0.2, 0.25) is 0 Å². The summed E-state index contributed by atoms with van der Waals surface area (Å²) in [5.74, 6) is 0. The summed E-state index contributed by atoms with van der Waals surface area (Å²) in [4.78, 5) is 13.6. The van der Waals surface area contributed by atoms with Crippen LogP contribution in [-0.2, 0) is 0 Å². The van der Waals surface area contributed by atoms with Crippen LogP contribution in [-0.4, -0.2) is 48.3 Å². The molecule has 0 bridgehead atoms. The van der Waals surface area contributed by atoms with Crippen molar-refractivity contribution in [3.05, 3.63) is 35.8 Å². The van der Waals surface area contributed by atoms with Crippen LogP contribution in [0.1, 0.15) is 19.0 Å². The Morgan fingerprint density at radius 1 is 1.15 bits per heavy atom. The number of allylic oxidation sites excluding steroid dienone is 1. The third kappa shape index (κ3) is 2.84. The first-order chi connectivity index (χ1) is 9.72. The molecule has 4 heteroatoms. The molecule has 0 N–H and O–H groups in total. The number of pyridine rings is 1. The second kappa shape index (κ2) is 5.65. The fourth-order valence-electron chi connectivity index (χ4n) is 2.91. The first-order valence-corrected chi connectivity index (χ1v) is 7.37. The zero-order chi connectivity index (χ0) is 13.9. The molecule has 4 nitrogen and oxygen atoms in total. The molecule has 0 spiro atoms. The summed E-state index contributed by atoms with van der Waals surface area (Å²) in [5.41, 5.74) is 3.83. The lowest BCUT2D eigenvalue weighted by Crippen LogP contribution is -2.46. The van der Waals surface area contributed by atoms with Crippen molar-refractivity contribution >= 4 is 11.9 Å². The van der Waals surface area contributed by atoms with Gasteiger partial charge in [0.1, 0.15) is 0 Å². The molecule has 106 valence electrons. The number of aryl methyl sites for hydroxylation is 1. The van der Waals surface area contributed by atoms with E-state index in [1.165, 1.54) is 11.4 Å². The van der Waals surface area contributed by atoms with Crippen molar-refractivity contribution in [2.75, 3.05) is 31.1 Å². The molecule has 1 saturated heterocycles. The number of rotatable bonds is 2. The number of hydrogen-bond donors (Lipinski definition) is 0. The number of nitrogens with zero attached hydrogens (tertiary/aromatic N) is 4. The third-order valence-corrected chi connectivity index (χ3v) is 4.04. The SMILES string of the molecule is Cc1cc(N2CCN(C3=CC=NC(C)C3)CC2)ccn1. The van der Waals surface area contributed by atoms with E-state index < -0.39 is 0 Å². The van der Waals surface area contributed by atoms with Gasteiger partial charge in [0.25, 0.3) is 0 Å². The van der Waals surface area contributed by atoms with E-state index in [1.54, 1.807) is 0 Å². The van der Waals surface area contributed by atoms with Crippen LogP contribution in [0.3, 0.4) is 0 Å². The van der Waals surface area contributed by atoms with Crippen molar-refractivity contribution in [1.82, 2.24) is 9.88 Å². The van der Waals surface area contributed by atoms with Crippen molar-refractivity contribution in [2.45, 2.75) is 26.3 Å². The van der Waals surface area contributed by atoms with E-state index in [1.807, 2.05) is 19.3 Å². The van der Waals surface area contributed by atoms with E-state index in [0.29, 0.717) is 6.04 Å². The van der Waals surface area contributed by atoms with Crippen molar-refractivity contribution in [3.63, 3.8) is 0 Å². The van der Waals surface area contributed by atoms with Crippen LogP contribution in [0.5, 0.6) is 0 Å². The molecule has 0 aromatic carbocycles. The Morgan fingerprint density at radius 3 is 2.60 bits per heavy atom. The molecule has 0 aliphatic carbocycles. The minimum Gasteiger partial charge on any atom is -0.371 e. The van der Waals surface area contributed by atoms with E-state index in [2.05, 4.69) is 44.9 Å². The van der Waals surface area contributed by atoms with Crippen molar-refractivity contribution < 1.29 is 0 Å². The highest BCUT2D eigenvalue weighted by atomic mass is 15.3. The third-order valence-electron chi connectivity index (χ3n) is 4.04. The number of hydrogen-bond acceptors (Lipinski definition) is 4. The number of anilines is 1. The fraction of sp³-hybridized carbons (Fsp3) is 0.500. The first-order valence-electron chi connectivity index (χ1n) is 7.37. The van der Waals surface area contributed by atoms with Gasteiger partial charge < -0.3 is 9.80 Å². The summed E-state index contributed by atoms with van der Waals surface area (Å²) in [5, 5.41) is 0. The van der Waals surface area contributed by atoms with Gasteiger partial charge in [-0.1, -0.05) is 0 Å². The molecule has 1 unspecified atom stereocenters. The van der Waals surface area contributed by atoms with Gasteiger partial charge in [-0.15, -0.1) is 0 Å². The molecule has 1 fully saturated rings. The standard InChI is InChI=1S/C16H22N4/c1-13-11-15(3-5-17-13)19-7-9-20(10-8-19)16-4-6-18-14(2)12-16/h3-6,11,14H,7-10,12H2,1-2H3. The highest BCUT2D eigenvalue weighted by Crippen LogP contribution is 2.21. The Morgan fingerprint density at radius 2 is 1.90 bits per heavy atom. The van der Waals surface area contributed by atoms with Gasteiger partial charge in [-0.05, 0) is 32.1 Å². The van der Waals surface area contributed by atoms with E-state index >= 15 is 0 Å². The molecule has 0 radical (unpaired) electrons. The lowest BCUT2D eigenvalue weighted by atomic mass is 10.1. The maximum atomic E-state index is 4.40. The quantitative estimate of drug-likeness (QED) is 0.826. The Labute approximate surface area is 120 Å². The van der Waals surface area contributed by atoms with E-state index in [0.717, 1.165) is 38.3 Å². The van der Waals surface area contributed by atoms with Crippen LogP contribution in [0.15, 0.2) is 35.1 Å². The van der Waals surface area contributed by atoms with Crippen LogP contribution < -0.4 is 4.90 Å². The largest absolute Gasteiger partial charge is 0.371 e. The summed E-state index contributed by atoms with van der Waals surface area (Å²) in [7, 11) is 0. The lowest BCUT2D eigenvalue weighted by Gasteiger charge is -2.39. The Balaban J connectivity index is 1.62. The fourth-order valence-corrected chi connectivity index (χ4v) is 2.91. The van der Waals surface area contributed by atoms with Gasteiger partial charge in [-0.2, -0.15) is 0 Å². The second-order valence-corrected chi connectivity index (χ2v) is 5.64. The van der Waals surface area contributed by atoms with Crippen LogP contribution in [0.4, 0.5) is 5.69 Å². The van der Waals surface area contributed by atoms with Gasteiger partial charge in [0.05, 0.1) is 6.04 Å². The van der Waals surface area contributed by atoms with E-state index in [4.69, 9.17) is 0 Å². The molecule has 1 aromatic rings. The normalized spacial score (nSPS) is 22.9. The summed E-state index contributed by atoms with van der Waals surface area (Å²) in [6.07, 6.45) is 7.11. The van der Waals surface area contributed by atoms with E-state index in [9.17, 15) is 0 Å². The molecule has 20 heavy (non-hydrogen) atoms. The van der Waals surface area contributed by atoms with Gasteiger partial charge in [-0.25, -0.2) is 0 Å². The molecule has 0 amide bonds. The van der Waals surface area contributed by atoms with Crippen molar-refractivity contribution in [3.8, 4) is 0 Å². The highest BCUT2D eigenvalue weighted by Gasteiger charge is 2.20. The molecular weight excluding hydrogens is 248 g/mol. The summed E-state index contributed by atoms with van der Waals surface area (Å²) >= 11 is 0. The Kier molecular flexibility index (Phi) is 3.72. The molecule has 2 aliphatic heterocycles. The number of aromatic nitrogens is 1. The van der Waals surface area contributed by atoms with Gasteiger partial charge in [0, 0.05) is 62.1 Å². The second-order valence-electron chi connectivity index (χ2n) is 5.64. The number of aliphatic imine (C=N–C) groups is 1. The minimum atomic E-state index is 0.427. The monoisotopic (exact) mass is 270 g/mol. The number of dihydropyridines is 1.